The highest BCUT2D eigenvalue weighted by Gasteiger charge is 2.21. The maximum Gasteiger partial charge on any atom is 0.324 e. The van der Waals surface area contributed by atoms with E-state index in [1.165, 1.54) is 7.11 Å². The van der Waals surface area contributed by atoms with Gasteiger partial charge in [0, 0.05) is 6.26 Å². The lowest BCUT2D eigenvalue weighted by Gasteiger charge is -2.11. The van der Waals surface area contributed by atoms with Gasteiger partial charge < -0.3 is 4.74 Å². The summed E-state index contributed by atoms with van der Waals surface area (Å²) in [6, 6.07) is -0.810. The number of ether oxygens (including phenoxy) is 1. The van der Waals surface area contributed by atoms with Gasteiger partial charge in [-0.2, -0.15) is 0 Å². The normalized spacial score (nSPS) is 13.9. The Morgan fingerprint density at radius 3 is 2.42 bits per heavy atom. The number of esters is 1. The van der Waals surface area contributed by atoms with E-state index in [0.29, 0.717) is 0 Å². The highest BCUT2D eigenvalue weighted by molar-refractivity contribution is 7.90. The molecule has 72 valence electrons. The van der Waals surface area contributed by atoms with Crippen LogP contribution in [0.1, 0.15) is 0 Å². The number of nitrogens with one attached hydrogen (secondary N) is 1. The first-order valence-corrected chi connectivity index (χ1v) is 5.76. The van der Waals surface area contributed by atoms with Crippen LogP contribution in [-0.4, -0.2) is 39.5 Å². The molecule has 0 spiro atoms. The van der Waals surface area contributed by atoms with Crippen molar-refractivity contribution in [2.75, 3.05) is 19.1 Å². The second-order valence-electron chi connectivity index (χ2n) is 2.33. The van der Waals surface area contributed by atoms with Gasteiger partial charge in [0.05, 0.1) is 12.9 Å². The molecule has 5 nitrogen and oxygen atoms in total. The molecule has 0 rings (SSSR count). The Morgan fingerprint density at radius 2 is 2.17 bits per heavy atom. The van der Waals surface area contributed by atoms with Crippen LogP contribution in [0.5, 0.6) is 0 Å². The fourth-order valence-electron chi connectivity index (χ4n) is 0.629. The molecule has 12 heavy (non-hydrogen) atoms. The molecule has 0 saturated carbocycles. The molecular weight excluding hydrogens is 201 g/mol. The number of sulfone groups is 1. The summed E-state index contributed by atoms with van der Waals surface area (Å²) in [4.78, 5) is 10.9. The molecule has 1 N–H and O–H groups in total. The highest BCUT2D eigenvalue weighted by atomic mass is 32.2. The maximum atomic E-state index is 10.9. The molecule has 0 radical (unpaired) electrons. The van der Waals surface area contributed by atoms with E-state index in [0.717, 1.165) is 6.26 Å². The summed E-state index contributed by atoms with van der Waals surface area (Å²) in [7, 11) is 0.120. The predicted molar refractivity (Wildman–Crippen MR) is 48.4 cm³/mol. The Kier molecular flexibility index (Phi) is 4.67. The molecule has 0 aromatic rings. The first-order chi connectivity index (χ1) is 5.40. The van der Waals surface area contributed by atoms with Crippen LogP contribution in [0, 0.1) is 0 Å². The fraction of sp³-hybridized carbons (Fsp3) is 0.800. The summed E-state index contributed by atoms with van der Waals surface area (Å²) < 4.78 is 25.9. The molecule has 0 aliphatic carbocycles. The van der Waals surface area contributed by atoms with Crippen LogP contribution < -0.4 is 5.09 Å². The second kappa shape index (κ2) is 4.74. The number of hydrogen-bond acceptors (Lipinski definition) is 5. The second-order valence-corrected chi connectivity index (χ2v) is 4.85. The van der Waals surface area contributed by atoms with Crippen molar-refractivity contribution in [3.63, 3.8) is 0 Å². The van der Waals surface area contributed by atoms with E-state index in [-0.39, 0.29) is 5.75 Å². The zero-order valence-corrected chi connectivity index (χ0v) is 8.87. The number of methoxy groups -OCH3 is 1. The SMILES string of the molecule is COC(=O)C(CS(C)(=O)=O)NP. The molecule has 2 unspecified atom stereocenters. The molecule has 0 aliphatic rings. The van der Waals surface area contributed by atoms with E-state index in [1.54, 1.807) is 0 Å². The molecule has 0 aliphatic heterocycles. The van der Waals surface area contributed by atoms with Gasteiger partial charge in [-0.25, -0.2) is 8.42 Å². The Morgan fingerprint density at radius 1 is 1.67 bits per heavy atom. The van der Waals surface area contributed by atoms with E-state index in [4.69, 9.17) is 0 Å². The average Bonchev–Trinajstić information content (AvgIpc) is 1.97. The van der Waals surface area contributed by atoms with E-state index >= 15 is 0 Å². The van der Waals surface area contributed by atoms with Crippen LogP contribution in [0.15, 0.2) is 0 Å². The highest BCUT2D eigenvalue weighted by Crippen LogP contribution is 1.96. The van der Waals surface area contributed by atoms with Crippen LogP contribution in [0.25, 0.3) is 0 Å². The molecule has 0 aromatic heterocycles. The van der Waals surface area contributed by atoms with Gasteiger partial charge in [0.2, 0.25) is 0 Å². The molecule has 0 amide bonds. The van der Waals surface area contributed by atoms with Crippen LogP contribution in [0.4, 0.5) is 0 Å². The molecule has 0 heterocycles. The monoisotopic (exact) mass is 213 g/mol. The van der Waals surface area contributed by atoms with Crippen molar-refractivity contribution in [2.45, 2.75) is 6.04 Å². The minimum Gasteiger partial charge on any atom is -0.468 e. The van der Waals surface area contributed by atoms with Crippen molar-refractivity contribution >= 4 is 25.2 Å². The van der Waals surface area contributed by atoms with Crippen molar-refractivity contribution in [1.82, 2.24) is 5.09 Å². The third-order valence-electron chi connectivity index (χ3n) is 1.16. The largest absolute Gasteiger partial charge is 0.468 e. The lowest BCUT2D eigenvalue weighted by atomic mass is 10.4. The minimum absolute atomic E-state index is 0.261. The van der Waals surface area contributed by atoms with Crippen LogP contribution in [-0.2, 0) is 19.4 Å². The van der Waals surface area contributed by atoms with E-state index in [9.17, 15) is 13.2 Å². The van der Waals surface area contributed by atoms with Crippen molar-refractivity contribution in [2.24, 2.45) is 0 Å². The fourth-order valence-corrected chi connectivity index (χ4v) is 1.89. The Hall–Kier alpha value is -0.190. The number of carbonyl (C=O) groups is 1. The van der Waals surface area contributed by atoms with E-state index < -0.39 is 21.8 Å². The third-order valence-corrected chi connectivity index (χ3v) is 2.50. The first kappa shape index (κ1) is 11.8. The van der Waals surface area contributed by atoms with Crippen molar-refractivity contribution in [3.05, 3.63) is 0 Å². The predicted octanol–water partition coefficient (Wildman–Crippen LogP) is -1.05. The summed E-state index contributed by atoms with van der Waals surface area (Å²) in [6.07, 6.45) is 1.06. The quantitative estimate of drug-likeness (QED) is 0.476. The maximum absolute atomic E-state index is 10.9. The summed E-state index contributed by atoms with van der Waals surface area (Å²) in [5, 5.41) is 2.47. The molecule has 7 heteroatoms. The van der Waals surface area contributed by atoms with Gasteiger partial charge in [-0.1, -0.05) is 9.39 Å². The molecular formula is C5H12NO4PS. The van der Waals surface area contributed by atoms with Crippen molar-refractivity contribution in [3.8, 4) is 0 Å². The zero-order valence-electron chi connectivity index (χ0n) is 6.90. The van der Waals surface area contributed by atoms with E-state index in [1.807, 2.05) is 0 Å². The molecule has 0 aromatic carbocycles. The molecule has 0 saturated heterocycles. The first-order valence-electron chi connectivity index (χ1n) is 3.12. The van der Waals surface area contributed by atoms with Gasteiger partial charge in [0.25, 0.3) is 0 Å². The lowest BCUT2D eigenvalue weighted by Crippen LogP contribution is -2.37. The van der Waals surface area contributed by atoms with Gasteiger partial charge in [-0.15, -0.1) is 0 Å². The Balaban J connectivity index is 4.29. The van der Waals surface area contributed by atoms with Crippen molar-refractivity contribution in [1.29, 1.82) is 0 Å². The summed E-state index contributed by atoms with van der Waals surface area (Å²) in [5.41, 5.74) is 0. The summed E-state index contributed by atoms with van der Waals surface area (Å²) in [5.74, 6) is -0.848. The Bertz CT molecular complexity index is 250. The zero-order chi connectivity index (χ0) is 9.78. The van der Waals surface area contributed by atoms with Gasteiger partial charge in [0.1, 0.15) is 15.9 Å². The number of carbonyl (C=O) groups excluding carboxylic acids is 1. The van der Waals surface area contributed by atoms with Crippen LogP contribution in [0.2, 0.25) is 0 Å². The van der Waals surface area contributed by atoms with Gasteiger partial charge in [0.15, 0.2) is 0 Å². The standard InChI is InChI=1S/C5H12NO4PS/c1-10-5(7)4(6-11)3-12(2,8)9/h4,6H,3,11H2,1-2H3. The smallest absolute Gasteiger partial charge is 0.324 e. The third kappa shape index (κ3) is 4.64. The van der Waals surface area contributed by atoms with Gasteiger partial charge >= 0.3 is 5.97 Å². The Labute approximate surface area is 74.0 Å². The van der Waals surface area contributed by atoms with Gasteiger partial charge in [-0.05, 0) is 0 Å². The van der Waals surface area contributed by atoms with Crippen molar-refractivity contribution < 1.29 is 17.9 Å². The number of rotatable bonds is 4. The average molecular weight is 213 g/mol. The van der Waals surface area contributed by atoms with E-state index in [2.05, 4.69) is 19.2 Å². The molecule has 2 atom stereocenters. The van der Waals surface area contributed by atoms with Gasteiger partial charge in [-0.3, -0.25) is 9.88 Å². The molecule has 0 fully saturated rings. The summed E-state index contributed by atoms with van der Waals surface area (Å²) in [6.45, 7) is 0. The van der Waals surface area contributed by atoms with Crippen LogP contribution >= 0.6 is 9.39 Å². The molecule has 0 bridgehead atoms. The minimum atomic E-state index is -3.17. The topological polar surface area (TPSA) is 72.5 Å². The number of hydrogen-bond donors (Lipinski definition) is 1. The lowest BCUT2D eigenvalue weighted by molar-refractivity contribution is -0.141. The summed E-state index contributed by atoms with van der Waals surface area (Å²) >= 11 is 0. The van der Waals surface area contributed by atoms with Crippen LogP contribution in [0.3, 0.4) is 0 Å².